The van der Waals surface area contributed by atoms with Gasteiger partial charge in [0.15, 0.2) is 5.96 Å². The number of hydrogen-bond acceptors (Lipinski definition) is 4. The summed E-state index contributed by atoms with van der Waals surface area (Å²) >= 11 is 0. The molecule has 2 aromatic rings. The van der Waals surface area contributed by atoms with Gasteiger partial charge in [0.05, 0.1) is 6.04 Å². The highest BCUT2D eigenvalue weighted by atomic mass is 16.2. The molecule has 2 aliphatic heterocycles. The second-order valence-electron chi connectivity index (χ2n) is 8.43. The molecule has 1 aromatic carbocycles. The number of nitrogens with one attached hydrogen (secondary N) is 2. The average Bonchev–Trinajstić information content (AvgIpc) is 3.45. The highest BCUT2D eigenvalue weighted by Gasteiger charge is 2.23. The number of rotatable bonds is 8. The summed E-state index contributed by atoms with van der Waals surface area (Å²) in [6.07, 6.45) is 6.48. The van der Waals surface area contributed by atoms with Crippen LogP contribution in [0.5, 0.6) is 0 Å². The molecule has 2 aliphatic rings. The third-order valence-electron chi connectivity index (χ3n) is 6.32. The molecule has 8 heteroatoms. The van der Waals surface area contributed by atoms with Crippen molar-refractivity contribution in [1.29, 1.82) is 0 Å². The van der Waals surface area contributed by atoms with Gasteiger partial charge in [-0.1, -0.05) is 30.3 Å². The number of guanidine groups is 1. The van der Waals surface area contributed by atoms with Crippen LogP contribution < -0.4 is 16.3 Å². The normalized spacial score (nSPS) is 18.0. The van der Waals surface area contributed by atoms with Crippen molar-refractivity contribution in [3.63, 3.8) is 0 Å². The van der Waals surface area contributed by atoms with Gasteiger partial charge in [-0.25, -0.2) is 9.48 Å². The Labute approximate surface area is 184 Å². The van der Waals surface area contributed by atoms with Crippen molar-refractivity contribution in [1.82, 2.24) is 29.9 Å². The molecule has 4 rings (SSSR count). The fourth-order valence-electron chi connectivity index (χ4n) is 4.63. The summed E-state index contributed by atoms with van der Waals surface area (Å²) in [5.41, 5.74) is 1.38. The van der Waals surface area contributed by atoms with Gasteiger partial charge in [-0.15, -0.1) is 0 Å². The molecule has 0 spiro atoms. The molecular formula is C23H35N7O. The third kappa shape index (κ3) is 5.36. The summed E-state index contributed by atoms with van der Waals surface area (Å²) in [4.78, 5) is 19.4. The van der Waals surface area contributed by atoms with E-state index in [1.54, 1.807) is 11.7 Å². The van der Waals surface area contributed by atoms with E-state index in [-0.39, 0.29) is 5.69 Å². The maximum atomic E-state index is 12.4. The number of aliphatic imine (C=N–C) groups is 1. The zero-order valence-electron chi connectivity index (χ0n) is 18.6. The molecule has 3 heterocycles. The van der Waals surface area contributed by atoms with Crippen LogP contribution in [0.15, 0.2) is 40.1 Å². The van der Waals surface area contributed by atoms with E-state index in [0.29, 0.717) is 12.6 Å². The molecule has 8 nitrogen and oxygen atoms in total. The van der Waals surface area contributed by atoms with Gasteiger partial charge in [0.1, 0.15) is 5.82 Å². The van der Waals surface area contributed by atoms with E-state index in [9.17, 15) is 4.79 Å². The highest BCUT2D eigenvalue weighted by Crippen LogP contribution is 2.24. The monoisotopic (exact) mass is 425 g/mol. The predicted octanol–water partition coefficient (Wildman–Crippen LogP) is 1.77. The lowest BCUT2D eigenvalue weighted by molar-refractivity contribution is 0.245. The van der Waals surface area contributed by atoms with E-state index < -0.39 is 0 Å². The summed E-state index contributed by atoms with van der Waals surface area (Å²) in [6, 6.07) is 11.1. The van der Waals surface area contributed by atoms with Crippen LogP contribution in [0.2, 0.25) is 0 Å². The summed E-state index contributed by atoms with van der Waals surface area (Å²) < 4.78 is 3.46. The second-order valence-corrected chi connectivity index (χ2v) is 8.43. The first kappa shape index (κ1) is 21.6. The molecule has 1 atom stereocenters. The van der Waals surface area contributed by atoms with Crippen molar-refractivity contribution in [2.24, 2.45) is 4.99 Å². The standard InChI is InChI=1S/C23H35N7O/c1-24-22(25-13-9-17-30-23(31)29-16-6-5-12-21(29)27-30)26-18-20(28-14-7-8-15-28)19-10-3-2-4-11-19/h2-4,10-11,20H,5-9,12-18H2,1H3,(H2,24,25,26). The predicted molar refractivity (Wildman–Crippen MR) is 123 cm³/mol. The number of nitrogens with zero attached hydrogens (tertiary/aromatic N) is 5. The number of likely N-dealkylation sites (tertiary alicyclic amines) is 1. The number of hydrogen-bond donors (Lipinski definition) is 2. The zero-order chi connectivity index (χ0) is 21.5. The van der Waals surface area contributed by atoms with Crippen molar-refractivity contribution >= 4 is 5.96 Å². The van der Waals surface area contributed by atoms with Crippen LogP contribution >= 0.6 is 0 Å². The van der Waals surface area contributed by atoms with Gasteiger partial charge in [0, 0.05) is 39.6 Å². The minimum atomic E-state index is 0.0357. The van der Waals surface area contributed by atoms with Gasteiger partial charge in [-0.2, -0.15) is 5.10 Å². The molecule has 1 saturated heterocycles. The minimum Gasteiger partial charge on any atom is -0.356 e. The Hall–Kier alpha value is -2.61. The minimum absolute atomic E-state index is 0.0357. The van der Waals surface area contributed by atoms with Crippen LogP contribution in [0.3, 0.4) is 0 Å². The Kier molecular flexibility index (Phi) is 7.40. The lowest BCUT2D eigenvalue weighted by Crippen LogP contribution is -2.43. The van der Waals surface area contributed by atoms with Crippen molar-refractivity contribution < 1.29 is 0 Å². The molecule has 1 fully saturated rings. The molecule has 31 heavy (non-hydrogen) atoms. The molecule has 168 valence electrons. The van der Waals surface area contributed by atoms with Crippen LogP contribution in [0.4, 0.5) is 0 Å². The summed E-state index contributed by atoms with van der Waals surface area (Å²) in [5.74, 6) is 1.74. The van der Waals surface area contributed by atoms with E-state index in [4.69, 9.17) is 0 Å². The van der Waals surface area contributed by atoms with Crippen LogP contribution in [0.25, 0.3) is 0 Å². The number of aryl methyl sites for hydroxylation is 2. The molecule has 0 saturated carbocycles. The van der Waals surface area contributed by atoms with Crippen molar-refractivity contribution in [2.75, 3.05) is 33.2 Å². The van der Waals surface area contributed by atoms with E-state index in [0.717, 1.165) is 70.2 Å². The topological polar surface area (TPSA) is 79.5 Å². The first-order chi connectivity index (χ1) is 15.3. The van der Waals surface area contributed by atoms with Gasteiger partial charge in [0.2, 0.25) is 0 Å². The van der Waals surface area contributed by atoms with E-state index >= 15 is 0 Å². The van der Waals surface area contributed by atoms with Crippen LogP contribution in [-0.2, 0) is 19.5 Å². The lowest BCUT2D eigenvalue weighted by atomic mass is 10.1. The average molecular weight is 426 g/mol. The molecule has 0 amide bonds. The zero-order valence-corrected chi connectivity index (χ0v) is 18.6. The number of aromatic nitrogens is 3. The fraction of sp³-hybridized carbons (Fsp3) is 0.609. The molecule has 1 unspecified atom stereocenters. The van der Waals surface area contributed by atoms with E-state index in [1.165, 1.54) is 18.4 Å². The Bertz CT molecular complexity index is 912. The van der Waals surface area contributed by atoms with Gasteiger partial charge >= 0.3 is 5.69 Å². The smallest absolute Gasteiger partial charge is 0.345 e. The van der Waals surface area contributed by atoms with Crippen molar-refractivity contribution in [3.8, 4) is 0 Å². The van der Waals surface area contributed by atoms with Crippen LogP contribution in [0, 0.1) is 0 Å². The number of benzene rings is 1. The maximum Gasteiger partial charge on any atom is 0.345 e. The molecule has 1 aromatic heterocycles. The Morgan fingerprint density at radius 3 is 2.61 bits per heavy atom. The summed E-state index contributed by atoms with van der Waals surface area (Å²) in [5, 5.41) is 11.4. The molecule has 0 radical (unpaired) electrons. The third-order valence-corrected chi connectivity index (χ3v) is 6.32. The Morgan fingerprint density at radius 2 is 1.87 bits per heavy atom. The first-order valence-corrected chi connectivity index (χ1v) is 11.7. The maximum absolute atomic E-state index is 12.4. The number of fused-ring (bicyclic) bond motifs is 1. The van der Waals surface area contributed by atoms with Gasteiger partial charge in [0.25, 0.3) is 0 Å². The quantitative estimate of drug-likeness (QED) is 0.383. The van der Waals surface area contributed by atoms with E-state index in [1.807, 2.05) is 4.57 Å². The van der Waals surface area contributed by atoms with Gasteiger partial charge in [-0.05, 0) is 50.8 Å². The molecule has 0 bridgehead atoms. The van der Waals surface area contributed by atoms with Crippen LogP contribution in [0.1, 0.15) is 49.5 Å². The summed E-state index contributed by atoms with van der Waals surface area (Å²) in [7, 11) is 1.80. The fourth-order valence-corrected chi connectivity index (χ4v) is 4.63. The molecule has 2 N–H and O–H groups in total. The molecular weight excluding hydrogens is 390 g/mol. The Morgan fingerprint density at radius 1 is 1.10 bits per heavy atom. The van der Waals surface area contributed by atoms with Crippen molar-refractivity contribution in [2.45, 2.75) is 57.7 Å². The highest BCUT2D eigenvalue weighted by molar-refractivity contribution is 5.79. The van der Waals surface area contributed by atoms with Gasteiger partial charge in [-0.3, -0.25) is 14.5 Å². The SMILES string of the molecule is CN=C(NCCCn1nc2n(c1=O)CCCC2)NCC(c1ccccc1)N1CCCC1. The van der Waals surface area contributed by atoms with Crippen molar-refractivity contribution in [3.05, 3.63) is 52.2 Å². The largest absolute Gasteiger partial charge is 0.356 e. The molecule has 0 aliphatic carbocycles. The van der Waals surface area contributed by atoms with Gasteiger partial charge < -0.3 is 10.6 Å². The van der Waals surface area contributed by atoms with Crippen LogP contribution in [-0.4, -0.2) is 58.4 Å². The second kappa shape index (κ2) is 10.6. The first-order valence-electron chi connectivity index (χ1n) is 11.7. The lowest BCUT2D eigenvalue weighted by Gasteiger charge is -2.29. The van der Waals surface area contributed by atoms with E-state index in [2.05, 4.69) is 56.0 Å². The summed E-state index contributed by atoms with van der Waals surface area (Å²) in [6.45, 7) is 5.30. The Balaban J connectivity index is 1.26.